The monoisotopic (exact) mass is 271 g/mol. The van der Waals surface area contributed by atoms with Gasteiger partial charge >= 0.3 is 5.97 Å². The zero-order valence-electron chi connectivity index (χ0n) is 8.80. The summed E-state index contributed by atoms with van der Waals surface area (Å²) in [5.41, 5.74) is 0.895. The number of hydrogen-bond acceptors (Lipinski definition) is 3. The topological polar surface area (TPSA) is 57.6 Å². The van der Waals surface area contributed by atoms with Crippen molar-refractivity contribution in [2.75, 3.05) is 12.3 Å². The van der Waals surface area contributed by atoms with Crippen LogP contribution in [-0.2, 0) is 9.59 Å². The highest BCUT2D eigenvalue weighted by Crippen LogP contribution is 2.38. The van der Waals surface area contributed by atoms with Crippen LogP contribution in [0.25, 0.3) is 0 Å². The highest BCUT2D eigenvalue weighted by Gasteiger charge is 2.33. The van der Waals surface area contributed by atoms with Crippen LogP contribution in [-0.4, -0.2) is 34.2 Å². The van der Waals surface area contributed by atoms with E-state index in [1.807, 2.05) is 12.1 Å². The third kappa shape index (κ3) is 2.73. The maximum absolute atomic E-state index is 11.6. The molecule has 0 radical (unpaired) electrons. The Balaban J connectivity index is 2.22. The van der Waals surface area contributed by atoms with E-state index >= 15 is 0 Å². The summed E-state index contributed by atoms with van der Waals surface area (Å²) >= 11 is 7.22. The molecule has 0 saturated carbocycles. The Morgan fingerprint density at radius 3 is 2.71 bits per heavy atom. The van der Waals surface area contributed by atoms with Gasteiger partial charge in [0.15, 0.2) is 0 Å². The minimum absolute atomic E-state index is 0.141. The molecule has 1 atom stereocenters. The summed E-state index contributed by atoms with van der Waals surface area (Å²) in [5.74, 6) is -0.822. The molecule has 0 bridgehead atoms. The summed E-state index contributed by atoms with van der Waals surface area (Å²) in [6.07, 6.45) is 0. The highest BCUT2D eigenvalue weighted by molar-refractivity contribution is 8.00. The molecule has 1 aliphatic rings. The van der Waals surface area contributed by atoms with Crippen molar-refractivity contribution in [3.63, 3.8) is 0 Å². The van der Waals surface area contributed by atoms with Crippen LogP contribution in [0.1, 0.15) is 10.9 Å². The first kappa shape index (κ1) is 12.3. The average molecular weight is 272 g/mol. The molecule has 0 aromatic heterocycles. The van der Waals surface area contributed by atoms with Crippen LogP contribution in [0, 0.1) is 0 Å². The molecule has 1 amide bonds. The van der Waals surface area contributed by atoms with Gasteiger partial charge in [-0.1, -0.05) is 23.7 Å². The number of aliphatic carboxylic acids is 1. The minimum atomic E-state index is -1.00. The third-order valence-corrected chi connectivity index (χ3v) is 3.94. The van der Waals surface area contributed by atoms with Gasteiger partial charge in [0.2, 0.25) is 5.91 Å². The molecular formula is C11H10ClNO3S. The number of benzene rings is 1. The van der Waals surface area contributed by atoms with Gasteiger partial charge in [0.25, 0.3) is 0 Å². The lowest BCUT2D eigenvalue weighted by Gasteiger charge is -2.22. The Morgan fingerprint density at radius 2 is 2.12 bits per heavy atom. The molecule has 6 heteroatoms. The lowest BCUT2D eigenvalue weighted by Crippen LogP contribution is -2.33. The van der Waals surface area contributed by atoms with Crippen LogP contribution >= 0.6 is 23.4 Å². The Labute approximate surface area is 108 Å². The van der Waals surface area contributed by atoms with Crippen molar-refractivity contribution in [1.29, 1.82) is 0 Å². The number of hydrogen-bond donors (Lipinski definition) is 1. The second kappa shape index (κ2) is 4.98. The molecule has 1 N–H and O–H groups in total. The summed E-state index contributed by atoms with van der Waals surface area (Å²) in [6.45, 7) is -0.265. The quantitative estimate of drug-likeness (QED) is 0.914. The van der Waals surface area contributed by atoms with Gasteiger partial charge in [-0.05, 0) is 17.7 Å². The fourth-order valence-electron chi connectivity index (χ4n) is 1.67. The summed E-state index contributed by atoms with van der Waals surface area (Å²) in [4.78, 5) is 23.7. The number of carbonyl (C=O) groups excluding carboxylic acids is 1. The van der Waals surface area contributed by atoms with E-state index in [2.05, 4.69) is 0 Å². The molecule has 0 aliphatic carbocycles. The van der Waals surface area contributed by atoms with Crippen LogP contribution in [0.4, 0.5) is 0 Å². The fourth-order valence-corrected chi connectivity index (χ4v) is 2.99. The Morgan fingerprint density at radius 1 is 1.47 bits per heavy atom. The van der Waals surface area contributed by atoms with Gasteiger partial charge < -0.3 is 10.0 Å². The van der Waals surface area contributed by atoms with Crippen molar-refractivity contribution >= 4 is 35.2 Å². The van der Waals surface area contributed by atoms with Gasteiger partial charge in [-0.3, -0.25) is 9.59 Å². The number of carbonyl (C=O) groups is 2. The van der Waals surface area contributed by atoms with Gasteiger partial charge in [-0.15, -0.1) is 11.8 Å². The van der Waals surface area contributed by atoms with Crippen LogP contribution in [0.5, 0.6) is 0 Å². The number of rotatable bonds is 3. The van der Waals surface area contributed by atoms with E-state index in [4.69, 9.17) is 16.7 Å². The van der Waals surface area contributed by atoms with Crippen molar-refractivity contribution in [1.82, 2.24) is 4.90 Å². The van der Waals surface area contributed by atoms with E-state index in [0.29, 0.717) is 10.8 Å². The lowest BCUT2D eigenvalue weighted by atomic mass is 10.2. The maximum Gasteiger partial charge on any atom is 0.323 e. The molecule has 1 aromatic rings. The molecule has 1 heterocycles. The first-order valence-corrected chi connectivity index (χ1v) is 6.39. The number of halogens is 1. The van der Waals surface area contributed by atoms with Gasteiger partial charge in [-0.25, -0.2) is 0 Å². The smallest absolute Gasteiger partial charge is 0.323 e. The Kier molecular flexibility index (Phi) is 3.59. The van der Waals surface area contributed by atoms with Crippen molar-refractivity contribution in [2.24, 2.45) is 0 Å². The molecule has 4 nitrogen and oxygen atoms in total. The van der Waals surface area contributed by atoms with E-state index in [1.165, 1.54) is 16.7 Å². The van der Waals surface area contributed by atoms with Crippen molar-refractivity contribution in [3.05, 3.63) is 34.9 Å². The Hall–Kier alpha value is -1.20. The Bertz CT molecular complexity index is 449. The lowest BCUT2D eigenvalue weighted by molar-refractivity contribution is -0.143. The van der Waals surface area contributed by atoms with Gasteiger partial charge in [0, 0.05) is 5.02 Å². The number of amides is 1. The zero-order chi connectivity index (χ0) is 12.4. The van der Waals surface area contributed by atoms with Crippen molar-refractivity contribution in [3.8, 4) is 0 Å². The van der Waals surface area contributed by atoms with Gasteiger partial charge in [0.1, 0.15) is 11.9 Å². The van der Waals surface area contributed by atoms with Gasteiger partial charge in [-0.2, -0.15) is 0 Å². The van der Waals surface area contributed by atoms with E-state index in [0.717, 1.165) is 5.56 Å². The first-order valence-electron chi connectivity index (χ1n) is 4.96. The van der Waals surface area contributed by atoms with Crippen LogP contribution in [0.3, 0.4) is 0 Å². The predicted molar refractivity (Wildman–Crippen MR) is 66.0 cm³/mol. The number of carboxylic acid groups (broad SMARTS) is 1. The van der Waals surface area contributed by atoms with E-state index < -0.39 is 5.97 Å². The molecule has 1 saturated heterocycles. The third-order valence-electron chi connectivity index (χ3n) is 2.43. The second-order valence-corrected chi connectivity index (χ2v) is 5.14. The van der Waals surface area contributed by atoms with Crippen molar-refractivity contribution < 1.29 is 14.7 Å². The minimum Gasteiger partial charge on any atom is -0.480 e. The molecule has 0 spiro atoms. The van der Waals surface area contributed by atoms with Crippen LogP contribution in [0.15, 0.2) is 24.3 Å². The molecular weight excluding hydrogens is 262 g/mol. The summed E-state index contributed by atoms with van der Waals surface area (Å²) in [7, 11) is 0. The van der Waals surface area contributed by atoms with Crippen LogP contribution in [0.2, 0.25) is 5.02 Å². The molecule has 17 heavy (non-hydrogen) atoms. The first-order chi connectivity index (χ1) is 8.08. The summed E-state index contributed by atoms with van der Waals surface area (Å²) < 4.78 is 0. The highest BCUT2D eigenvalue weighted by atomic mass is 35.5. The van der Waals surface area contributed by atoms with E-state index in [1.54, 1.807) is 12.1 Å². The van der Waals surface area contributed by atoms with E-state index in [-0.39, 0.29) is 17.8 Å². The maximum atomic E-state index is 11.6. The molecule has 1 fully saturated rings. The molecule has 90 valence electrons. The van der Waals surface area contributed by atoms with E-state index in [9.17, 15) is 9.59 Å². The second-order valence-electron chi connectivity index (χ2n) is 3.63. The summed E-state index contributed by atoms with van der Waals surface area (Å²) in [6, 6.07) is 7.10. The summed E-state index contributed by atoms with van der Waals surface area (Å²) in [5, 5.41) is 9.17. The van der Waals surface area contributed by atoms with Crippen molar-refractivity contribution in [2.45, 2.75) is 5.37 Å². The molecule has 2 rings (SSSR count). The zero-order valence-corrected chi connectivity index (χ0v) is 10.4. The molecule has 1 unspecified atom stereocenters. The molecule has 1 aliphatic heterocycles. The normalized spacial score (nSPS) is 19.7. The average Bonchev–Trinajstić information content (AvgIpc) is 2.61. The number of nitrogens with zero attached hydrogens (tertiary/aromatic N) is 1. The fraction of sp³-hybridized carbons (Fsp3) is 0.273. The molecule has 1 aromatic carbocycles. The largest absolute Gasteiger partial charge is 0.480 e. The predicted octanol–water partition coefficient (Wildman–Crippen LogP) is 2.00. The van der Waals surface area contributed by atoms with Crippen LogP contribution < -0.4 is 0 Å². The number of thioether (sulfide) groups is 1. The van der Waals surface area contributed by atoms with Gasteiger partial charge in [0.05, 0.1) is 5.75 Å². The number of carboxylic acids is 1. The standard InChI is InChI=1S/C11H10ClNO3S/c12-8-3-1-7(2-4-8)11-13(5-10(15)16)9(14)6-17-11/h1-4,11H,5-6H2,(H,15,16). The SMILES string of the molecule is O=C(O)CN1C(=O)CSC1c1ccc(Cl)cc1.